The van der Waals surface area contributed by atoms with Gasteiger partial charge in [-0.2, -0.15) is 18.3 Å². The minimum Gasteiger partial charge on any atom is -0.272 e. The summed E-state index contributed by atoms with van der Waals surface area (Å²) in [4.78, 5) is 0. The third kappa shape index (κ3) is 4.37. The zero-order valence-electron chi connectivity index (χ0n) is 10.7. The second-order valence-electron chi connectivity index (χ2n) is 4.57. The van der Waals surface area contributed by atoms with Gasteiger partial charge in [0, 0.05) is 12.7 Å². The van der Waals surface area contributed by atoms with Crippen LogP contribution in [0.4, 0.5) is 13.2 Å². The van der Waals surface area contributed by atoms with Crippen molar-refractivity contribution < 1.29 is 13.2 Å². The molecule has 0 N–H and O–H groups in total. The van der Waals surface area contributed by atoms with Crippen molar-refractivity contribution >= 4 is 15.9 Å². The monoisotopic (exact) mass is 346 g/mol. The highest BCUT2D eigenvalue weighted by atomic mass is 79.9. The number of benzene rings is 1. The molecule has 0 bridgehead atoms. The van der Waals surface area contributed by atoms with Crippen molar-refractivity contribution in [2.24, 2.45) is 0 Å². The van der Waals surface area contributed by atoms with Crippen molar-refractivity contribution in [3.8, 4) is 0 Å². The largest absolute Gasteiger partial charge is 0.416 e. The summed E-state index contributed by atoms with van der Waals surface area (Å²) >= 11 is 3.33. The van der Waals surface area contributed by atoms with Crippen LogP contribution in [0.3, 0.4) is 0 Å². The van der Waals surface area contributed by atoms with Crippen molar-refractivity contribution in [1.29, 1.82) is 0 Å². The Bertz CT molecular complexity index is 546. The predicted octanol–water partition coefficient (Wildman–Crippen LogP) is 4.69. The molecule has 2 nitrogen and oxygen atoms in total. The average Bonchev–Trinajstić information content (AvgIpc) is 2.80. The molecule has 1 aromatic carbocycles. The Labute approximate surface area is 123 Å². The van der Waals surface area contributed by atoms with Gasteiger partial charge < -0.3 is 0 Å². The van der Waals surface area contributed by atoms with Gasteiger partial charge >= 0.3 is 6.18 Å². The van der Waals surface area contributed by atoms with Crippen LogP contribution in [0.15, 0.2) is 41.1 Å². The van der Waals surface area contributed by atoms with E-state index in [9.17, 15) is 13.2 Å². The second kappa shape index (κ2) is 6.43. The van der Waals surface area contributed by atoms with Crippen LogP contribution >= 0.6 is 15.9 Å². The molecule has 0 saturated carbocycles. The minimum atomic E-state index is -4.26. The molecule has 0 atom stereocenters. The van der Waals surface area contributed by atoms with Crippen molar-refractivity contribution in [2.45, 2.75) is 32.0 Å². The fraction of sp³-hybridized carbons (Fsp3) is 0.357. The lowest BCUT2D eigenvalue weighted by molar-refractivity contribution is -0.137. The molecule has 20 heavy (non-hydrogen) atoms. The smallest absolute Gasteiger partial charge is 0.272 e. The molecule has 0 spiro atoms. The second-order valence-corrected chi connectivity index (χ2v) is 5.49. The van der Waals surface area contributed by atoms with Crippen LogP contribution in [-0.2, 0) is 19.1 Å². The Hall–Kier alpha value is -1.30. The van der Waals surface area contributed by atoms with Crippen LogP contribution < -0.4 is 0 Å². The highest BCUT2D eigenvalue weighted by molar-refractivity contribution is 9.10. The van der Waals surface area contributed by atoms with Crippen LogP contribution in [-0.4, -0.2) is 9.78 Å². The van der Waals surface area contributed by atoms with E-state index in [2.05, 4.69) is 21.0 Å². The van der Waals surface area contributed by atoms with Crippen molar-refractivity contribution in [3.05, 3.63) is 52.3 Å². The standard InChI is InChI=1S/C14H14BrF3N2/c15-13-9-19-20(10-13)8-2-1-3-11-4-6-12(7-5-11)14(16,17)18/h4-7,9-10H,1-3,8H2. The average molecular weight is 347 g/mol. The molecule has 1 aromatic heterocycles. The predicted molar refractivity (Wildman–Crippen MR) is 74.3 cm³/mol. The van der Waals surface area contributed by atoms with E-state index in [1.165, 1.54) is 0 Å². The molecule has 0 amide bonds. The lowest BCUT2D eigenvalue weighted by atomic mass is 10.1. The van der Waals surface area contributed by atoms with Crippen LogP contribution in [0.1, 0.15) is 24.0 Å². The summed E-state index contributed by atoms with van der Waals surface area (Å²) in [6.07, 6.45) is 2.01. The third-order valence-electron chi connectivity index (χ3n) is 2.99. The number of aryl methyl sites for hydroxylation is 2. The van der Waals surface area contributed by atoms with Gasteiger partial charge in [0.2, 0.25) is 0 Å². The quantitative estimate of drug-likeness (QED) is 0.718. The van der Waals surface area contributed by atoms with Gasteiger partial charge in [0.25, 0.3) is 0 Å². The van der Waals surface area contributed by atoms with Crippen LogP contribution in [0.25, 0.3) is 0 Å². The zero-order valence-corrected chi connectivity index (χ0v) is 12.3. The molecule has 1 heterocycles. The number of nitrogens with zero attached hydrogens (tertiary/aromatic N) is 2. The first-order chi connectivity index (χ1) is 9.45. The van der Waals surface area contributed by atoms with Crippen molar-refractivity contribution in [3.63, 3.8) is 0 Å². The summed E-state index contributed by atoms with van der Waals surface area (Å²) < 4.78 is 40.0. The first kappa shape index (κ1) is 15.1. The number of aromatic nitrogens is 2. The van der Waals surface area contributed by atoms with E-state index in [4.69, 9.17) is 0 Å². The minimum absolute atomic E-state index is 0.595. The zero-order chi connectivity index (χ0) is 14.6. The number of hydrogen-bond acceptors (Lipinski definition) is 1. The highest BCUT2D eigenvalue weighted by Gasteiger charge is 2.29. The van der Waals surface area contributed by atoms with Crippen molar-refractivity contribution in [2.75, 3.05) is 0 Å². The van der Waals surface area contributed by atoms with E-state index in [0.717, 1.165) is 48.0 Å². The van der Waals surface area contributed by atoms with Gasteiger partial charge in [-0.25, -0.2) is 0 Å². The third-order valence-corrected chi connectivity index (χ3v) is 3.40. The van der Waals surface area contributed by atoms with E-state index >= 15 is 0 Å². The Kier molecular flexibility index (Phi) is 4.86. The number of unbranched alkanes of at least 4 members (excludes halogenated alkanes) is 1. The van der Waals surface area contributed by atoms with Crippen LogP contribution in [0.2, 0.25) is 0 Å². The maximum Gasteiger partial charge on any atom is 0.416 e. The molecule has 0 unspecified atom stereocenters. The van der Waals surface area contributed by atoms with E-state index in [0.29, 0.717) is 0 Å². The SMILES string of the molecule is FC(F)(F)c1ccc(CCCCn2cc(Br)cn2)cc1. The van der Waals surface area contributed by atoms with E-state index in [1.54, 1.807) is 18.3 Å². The van der Waals surface area contributed by atoms with Gasteiger partial charge in [-0.05, 0) is 52.9 Å². The molecule has 0 radical (unpaired) electrons. The molecular weight excluding hydrogens is 333 g/mol. The van der Waals surface area contributed by atoms with Gasteiger partial charge in [0.05, 0.1) is 16.2 Å². The summed E-state index contributed by atoms with van der Waals surface area (Å²) in [6, 6.07) is 5.38. The number of halogens is 4. The van der Waals surface area contributed by atoms with Gasteiger partial charge in [0.1, 0.15) is 0 Å². The van der Waals surface area contributed by atoms with Gasteiger partial charge in [-0.3, -0.25) is 4.68 Å². The van der Waals surface area contributed by atoms with E-state index in [1.807, 2.05) is 10.9 Å². The van der Waals surface area contributed by atoms with Gasteiger partial charge in [-0.15, -0.1) is 0 Å². The summed E-state index contributed by atoms with van der Waals surface area (Å²) in [6.45, 7) is 0.812. The molecule has 108 valence electrons. The molecule has 0 aliphatic heterocycles. The maximum absolute atomic E-state index is 12.4. The fourth-order valence-corrected chi connectivity index (χ4v) is 2.25. The Morgan fingerprint density at radius 2 is 1.80 bits per heavy atom. The fourth-order valence-electron chi connectivity index (χ4n) is 1.92. The van der Waals surface area contributed by atoms with Crippen molar-refractivity contribution in [1.82, 2.24) is 9.78 Å². The normalized spacial score (nSPS) is 11.8. The Balaban J connectivity index is 1.77. The van der Waals surface area contributed by atoms with Crippen LogP contribution in [0.5, 0.6) is 0 Å². The highest BCUT2D eigenvalue weighted by Crippen LogP contribution is 2.29. The number of alkyl halides is 3. The molecule has 2 rings (SSSR count). The number of rotatable bonds is 5. The molecule has 0 fully saturated rings. The van der Waals surface area contributed by atoms with Gasteiger partial charge in [0.15, 0.2) is 0 Å². The topological polar surface area (TPSA) is 17.8 Å². The summed E-state index contributed by atoms with van der Waals surface area (Å²) in [7, 11) is 0. The van der Waals surface area contributed by atoms with E-state index < -0.39 is 11.7 Å². The molecular formula is C14H14BrF3N2. The molecule has 0 aliphatic carbocycles. The first-order valence-corrected chi connectivity index (χ1v) is 7.08. The lowest BCUT2D eigenvalue weighted by Gasteiger charge is -2.07. The van der Waals surface area contributed by atoms with Gasteiger partial charge in [-0.1, -0.05) is 12.1 Å². The summed E-state index contributed by atoms with van der Waals surface area (Å²) in [5.74, 6) is 0. The summed E-state index contributed by atoms with van der Waals surface area (Å²) in [5.41, 5.74) is 0.335. The summed E-state index contributed by atoms with van der Waals surface area (Å²) in [5, 5.41) is 4.14. The number of hydrogen-bond donors (Lipinski definition) is 0. The lowest BCUT2D eigenvalue weighted by Crippen LogP contribution is -2.04. The Morgan fingerprint density at radius 3 is 2.35 bits per heavy atom. The molecule has 0 aliphatic rings. The molecule has 2 aromatic rings. The maximum atomic E-state index is 12.4. The molecule has 6 heteroatoms. The van der Waals surface area contributed by atoms with Crippen LogP contribution in [0, 0.1) is 0 Å². The first-order valence-electron chi connectivity index (χ1n) is 6.29. The molecule has 0 saturated heterocycles. The Morgan fingerprint density at radius 1 is 1.10 bits per heavy atom. The van der Waals surface area contributed by atoms with E-state index in [-0.39, 0.29) is 0 Å².